The third-order valence-electron chi connectivity index (χ3n) is 7.87. The number of methoxy groups -OCH3 is 2. The van der Waals surface area contributed by atoms with Crippen LogP contribution in [0.1, 0.15) is 69.6 Å². The molecule has 0 heterocycles. The lowest BCUT2D eigenvalue weighted by Gasteiger charge is -2.57. The Balaban J connectivity index is 1.68. The van der Waals surface area contributed by atoms with Gasteiger partial charge in [0.05, 0.1) is 0 Å². The van der Waals surface area contributed by atoms with Crippen molar-refractivity contribution >= 4 is 0 Å². The van der Waals surface area contributed by atoms with Crippen LogP contribution in [-0.4, -0.2) is 45.5 Å². The molecule has 0 amide bonds. The third-order valence-corrected chi connectivity index (χ3v) is 7.87. The zero-order valence-corrected chi connectivity index (χ0v) is 20.7. The standard InChI is InChI=1S/C27H38O7/c1-6-24(28)22-10-23(27-12-19-7-20(13-27)9-21(8-19)14-27)26(34-16-32-18(3)30-5)11-25(22)33-15-31-17(2)29-4/h1,10-11,17-21,24,28H,7-9,12-16H2,2-5H3. The van der Waals surface area contributed by atoms with Gasteiger partial charge in [0.1, 0.15) is 17.6 Å². The average molecular weight is 475 g/mol. The minimum atomic E-state index is -1.10. The van der Waals surface area contributed by atoms with Gasteiger partial charge in [-0.3, -0.25) is 0 Å². The lowest BCUT2D eigenvalue weighted by Crippen LogP contribution is -2.48. The normalized spacial score (nSPS) is 29.9. The monoisotopic (exact) mass is 474 g/mol. The summed E-state index contributed by atoms with van der Waals surface area (Å²) in [7, 11) is 3.15. The molecule has 4 bridgehead atoms. The molecule has 0 aromatic heterocycles. The summed E-state index contributed by atoms with van der Waals surface area (Å²) in [5.74, 6) is 5.84. The van der Waals surface area contributed by atoms with Gasteiger partial charge in [0, 0.05) is 31.4 Å². The molecule has 4 fully saturated rings. The first kappa shape index (κ1) is 25.3. The van der Waals surface area contributed by atoms with Crippen molar-refractivity contribution in [3.05, 3.63) is 23.3 Å². The molecule has 5 rings (SSSR count). The molecule has 4 aliphatic carbocycles. The van der Waals surface area contributed by atoms with E-state index < -0.39 is 12.4 Å². The number of terminal acetylenes is 1. The maximum Gasteiger partial charge on any atom is 0.191 e. The Labute approximate surface area is 203 Å². The lowest BCUT2D eigenvalue weighted by molar-refractivity contribution is -0.151. The first-order valence-electron chi connectivity index (χ1n) is 12.2. The summed E-state index contributed by atoms with van der Waals surface area (Å²) in [6.07, 6.45) is 11.1. The average Bonchev–Trinajstić information content (AvgIpc) is 2.82. The molecule has 0 spiro atoms. The van der Waals surface area contributed by atoms with Gasteiger partial charge in [0.2, 0.25) is 0 Å². The number of aliphatic hydroxyl groups excluding tert-OH is 1. The second kappa shape index (κ2) is 10.8. The van der Waals surface area contributed by atoms with E-state index in [4.69, 9.17) is 34.8 Å². The van der Waals surface area contributed by atoms with Crippen molar-refractivity contribution in [2.45, 2.75) is 76.5 Å². The Morgan fingerprint density at radius 2 is 1.41 bits per heavy atom. The van der Waals surface area contributed by atoms with Crippen LogP contribution in [0.25, 0.3) is 0 Å². The van der Waals surface area contributed by atoms with Crippen molar-refractivity contribution in [3.63, 3.8) is 0 Å². The van der Waals surface area contributed by atoms with E-state index in [2.05, 4.69) is 5.92 Å². The third kappa shape index (κ3) is 5.37. The van der Waals surface area contributed by atoms with E-state index in [0.717, 1.165) is 42.6 Å². The second-order valence-corrected chi connectivity index (χ2v) is 10.1. The van der Waals surface area contributed by atoms with Gasteiger partial charge in [0.25, 0.3) is 0 Å². The Hall–Kier alpha value is -1.82. The molecule has 3 atom stereocenters. The van der Waals surface area contributed by atoms with Crippen LogP contribution in [0.5, 0.6) is 11.5 Å². The number of aliphatic hydroxyl groups is 1. The van der Waals surface area contributed by atoms with Crippen LogP contribution in [0.2, 0.25) is 0 Å². The van der Waals surface area contributed by atoms with Crippen molar-refractivity contribution in [2.75, 3.05) is 27.8 Å². The van der Waals surface area contributed by atoms with Crippen molar-refractivity contribution < 1.29 is 33.5 Å². The highest BCUT2D eigenvalue weighted by Crippen LogP contribution is 2.62. The van der Waals surface area contributed by atoms with Gasteiger partial charge in [-0.25, -0.2) is 0 Å². The molecule has 0 aliphatic heterocycles. The quantitative estimate of drug-likeness (QED) is 0.353. The fraction of sp³-hybridized carbons (Fsp3) is 0.704. The molecule has 1 N–H and O–H groups in total. The largest absolute Gasteiger partial charge is 0.467 e. The highest BCUT2D eigenvalue weighted by Gasteiger charge is 2.52. The first-order valence-corrected chi connectivity index (χ1v) is 12.2. The molecule has 4 saturated carbocycles. The van der Waals surface area contributed by atoms with Crippen LogP contribution in [0.3, 0.4) is 0 Å². The Morgan fingerprint density at radius 3 is 1.88 bits per heavy atom. The summed E-state index contributed by atoms with van der Waals surface area (Å²) in [5, 5.41) is 10.7. The zero-order valence-electron chi connectivity index (χ0n) is 20.7. The van der Waals surface area contributed by atoms with E-state index in [9.17, 15) is 5.11 Å². The van der Waals surface area contributed by atoms with Crippen molar-refractivity contribution in [3.8, 4) is 23.8 Å². The summed E-state index contributed by atoms with van der Waals surface area (Å²) in [5.41, 5.74) is 1.68. The van der Waals surface area contributed by atoms with Crippen LogP contribution in [0.15, 0.2) is 12.1 Å². The Morgan fingerprint density at radius 1 is 0.912 bits per heavy atom. The topological polar surface area (TPSA) is 75.6 Å². The van der Waals surface area contributed by atoms with Gasteiger partial charge in [-0.2, -0.15) is 0 Å². The predicted molar refractivity (Wildman–Crippen MR) is 126 cm³/mol. The molecule has 3 unspecified atom stereocenters. The molecule has 7 heteroatoms. The number of benzene rings is 1. The van der Waals surface area contributed by atoms with Crippen LogP contribution >= 0.6 is 0 Å². The van der Waals surface area contributed by atoms with Gasteiger partial charge >= 0.3 is 0 Å². The highest BCUT2D eigenvalue weighted by molar-refractivity contribution is 5.52. The van der Waals surface area contributed by atoms with E-state index in [0.29, 0.717) is 17.1 Å². The van der Waals surface area contributed by atoms with E-state index in [-0.39, 0.29) is 25.3 Å². The Kier molecular flexibility index (Phi) is 8.06. The van der Waals surface area contributed by atoms with Gasteiger partial charge < -0.3 is 33.5 Å². The molecule has 0 radical (unpaired) electrons. The van der Waals surface area contributed by atoms with E-state index in [1.54, 1.807) is 21.1 Å². The maximum absolute atomic E-state index is 10.7. The number of rotatable bonds is 12. The van der Waals surface area contributed by atoms with Crippen molar-refractivity contribution in [1.29, 1.82) is 0 Å². The summed E-state index contributed by atoms with van der Waals surface area (Å²) < 4.78 is 33.5. The lowest BCUT2D eigenvalue weighted by atomic mass is 9.48. The maximum atomic E-state index is 10.7. The minimum absolute atomic E-state index is 0.0274. The molecule has 4 aliphatic rings. The molecular weight excluding hydrogens is 436 g/mol. The number of hydrogen-bond acceptors (Lipinski definition) is 7. The van der Waals surface area contributed by atoms with Gasteiger partial charge in [-0.15, -0.1) is 6.42 Å². The van der Waals surface area contributed by atoms with Gasteiger partial charge in [0.15, 0.2) is 26.2 Å². The molecule has 1 aromatic rings. The zero-order chi connectivity index (χ0) is 24.3. The number of ether oxygens (including phenoxy) is 6. The predicted octanol–water partition coefficient (Wildman–Crippen LogP) is 4.51. The SMILES string of the molecule is C#CC(O)c1cc(C23CC4CC(CC(C4)C2)C3)c(OCOC(C)OC)cc1OCOC(C)OC. The number of hydrogen-bond donors (Lipinski definition) is 1. The summed E-state index contributed by atoms with van der Waals surface area (Å²) >= 11 is 0. The molecule has 7 nitrogen and oxygen atoms in total. The van der Waals surface area contributed by atoms with Crippen LogP contribution < -0.4 is 9.47 Å². The fourth-order valence-corrected chi connectivity index (χ4v) is 6.50. The summed E-state index contributed by atoms with van der Waals surface area (Å²) in [4.78, 5) is 0. The van der Waals surface area contributed by atoms with E-state index in [1.165, 1.54) is 19.3 Å². The van der Waals surface area contributed by atoms with Gasteiger partial charge in [-0.1, -0.05) is 5.92 Å². The minimum Gasteiger partial charge on any atom is -0.467 e. The van der Waals surface area contributed by atoms with Crippen molar-refractivity contribution in [1.82, 2.24) is 0 Å². The highest BCUT2D eigenvalue weighted by atomic mass is 16.7. The molecular formula is C27H38O7. The first-order chi connectivity index (χ1) is 16.4. The van der Waals surface area contributed by atoms with Gasteiger partial charge in [-0.05, 0) is 81.6 Å². The second-order valence-electron chi connectivity index (χ2n) is 10.1. The molecule has 34 heavy (non-hydrogen) atoms. The smallest absolute Gasteiger partial charge is 0.191 e. The van der Waals surface area contributed by atoms with E-state index in [1.807, 2.05) is 19.1 Å². The Bertz CT molecular complexity index is 841. The summed E-state index contributed by atoms with van der Waals surface area (Å²) in [6, 6.07) is 3.83. The molecule has 188 valence electrons. The summed E-state index contributed by atoms with van der Waals surface area (Å²) in [6.45, 7) is 3.59. The van der Waals surface area contributed by atoms with Crippen LogP contribution in [-0.2, 0) is 24.4 Å². The van der Waals surface area contributed by atoms with Crippen LogP contribution in [0, 0.1) is 30.1 Å². The van der Waals surface area contributed by atoms with E-state index >= 15 is 0 Å². The fourth-order valence-electron chi connectivity index (χ4n) is 6.50. The molecule has 1 aromatic carbocycles. The van der Waals surface area contributed by atoms with Crippen LogP contribution in [0.4, 0.5) is 0 Å². The molecule has 0 saturated heterocycles. The van der Waals surface area contributed by atoms with Crippen molar-refractivity contribution in [2.24, 2.45) is 17.8 Å².